The minimum Gasteiger partial charge on any atom is -0.472 e. The molecule has 37 heavy (non-hydrogen) atoms. The van der Waals surface area contributed by atoms with E-state index in [1.807, 2.05) is 6.92 Å². The van der Waals surface area contributed by atoms with Crippen LogP contribution >= 0.6 is 0 Å². The maximum Gasteiger partial charge on any atom is 0.334 e. The van der Waals surface area contributed by atoms with E-state index in [1.165, 1.54) is 6.26 Å². The summed E-state index contributed by atoms with van der Waals surface area (Å²) in [5.41, 5.74) is 0.660. The number of hydrogen-bond donors (Lipinski definition) is 4. The molecule has 6 rings (SSSR count). The molecule has 0 bridgehead atoms. The second-order valence-electron chi connectivity index (χ2n) is 10.9. The topological polar surface area (TPSA) is 174 Å². The molecule has 204 valence electrons. The van der Waals surface area contributed by atoms with Crippen LogP contribution in [0.25, 0.3) is 0 Å². The molecule has 0 unspecified atom stereocenters. The van der Waals surface area contributed by atoms with E-state index in [0.717, 1.165) is 5.57 Å². The highest BCUT2D eigenvalue weighted by Crippen LogP contribution is 2.60. The number of aliphatic hydroxyl groups is 4. The van der Waals surface area contributed by atoms with Crippen LogP contribution in [0.1, 0.15) is 26.7 Å². The Morgan fingerprint density at radius 1 is 1.16 bits per heavy atom. The van der Waals surface area contributed by atoms with Crippen molar-refractivity contribution in [2.45, 2.75) is 81.5 Å². The maximum absolute atomic E-state index is 13.2. The number of ether oxygens (including phenoxy) is 6. The highest BCUT2D eigenvalue weighted by molar-refractivity contribution is 5.90. The molecule has 0 aromatic carbocycles. The van der Waals surface area contributed by atoms with E-state index in [4.69, 9.17) is 28.4 Å². The highest BCUT2D eigenvalue weighted by atomic mass is 16.8. The Morgan fingerprint density at radius 2 is 1.95 bits per heavy atom. The molecule has 0 radical (unpaired) electrons. The quantitative estimate of drug-likeness (QED) is 0.194. The van der Waals surface area contributed by atoms with Gasteiger partial charge in [-0.05, 0) is 32.8 Å². The summed E-state index contributed by atoms with van der Waals surface area (Å²) in [4.78, 5) is 25.1. The summed E-state index contributed by atoms with van der Waals surface area (Å²) in [6, 6.07) is 0. The van der Waals surface area contributed by atoms with Gasteiger partial charge in [0.25, 0.3) is 0 Å². The van der Waals surface area contributed by atoms with Crippen LogP contribution in [0.15, 0.2) is 23.5 Å². The fourth-order valence-corrected chi connectivity index (χ4v) is 6.76. The van der Waals surface area contributed by atoms with Crippen molar-refractivity contribution >= 4 is 11.9 Å². The Labute approximate surface area is 212 Å². The van der Waals surface area contributed by atoms with E-state index in [0.29, 0.717) is 25.0 Å². The molecule has 0 spiro atoms. The fraction of sp³-hybridized carbons (Fsp3) is 0.760. The van der Waals surface area contributed by atoms with Gasteiger partial charge in [0.2, 0.25) is 6.29 Å². The number of rotatable bonds is 5. The monoisotopic (exact) mass is 524 g/mol. The number of cyclic esters (lactones) is 1. The van der Waals surface area contributed by atoms with Crippen molar-refractivity contribution < 1.29 is 58.4 Å². The smallest absolute Gasteiger partial charge is 0.334 e. The van der Waals surface area contributed by atoms with Gasteiger partial charge in [0.1, 0.15) is 42.2 Å². The minimum atomic E-state index is -1.59. The van der Waals surface area contributed by atoms with E-state index in [2.05, 4.69) is 0 Å². The van der Waals surface area contributed by atoms with E-state index in [-0.39, 0.29) is 23.7 Å². The first-order chi connectivity index (χ1) is 17.7. The molecule has 5 fully saturated rings. The van der Waals surface area contributed by atoms with Crippen molar-refractivity contribution in [3.63, 3.8) is 0 Å². The number of hydrogen-bond acceptors (Lipinski definition) is 12. The molecule has 2 saturated carbocycles. The van der Waals surface area contributed by atoms with Gasteiger partial charge in [0, 0.05) is 17.4 Å². The molecule has 2 aliphatic carbocycles. The van der Waals surface area contributed by atoms with Crippen molar-refractivity contribution in [1.29, 1.82) is 0 Å². The molecule has 4 aliphatic heterocycles. The van der Waals surface area contributed by atoms with Crippen molar-refractivity contribution in [2.75, 3.05) is 13.2 Å². The molecule has 4 heterocycles. The van der Waals surface area contributed by atoms with Crippen LogP contribution < -0.4 is 0 Å². The van der Waals surface area contributed by atoms with Gasteiger partial charge in [0.05, 0.1) is 31.3 Å². The molecule has 12 heteroatoms. The Balaban J connectivity index is 1.17. The van der Waals surface area contributed by atoms with Crippen LogP contribution in [0.5, 0.6) is 0 Å². The Kier molecular flexibility index (Phi) is 6.14. The lowest BCUT2D eigenvalue weighted by Crippen LogP contribution is -2.60. The van der Waals surface area contributed by atoms with Gasteiger partial charge in [-0.3, -0.25) is 4.79 Å². The van der Waals surface area contributed by atoms with Gasteiger partial charge < -0.3 is 48.8 Å². The van der Waals surface area contributed by atoms with Gasteiger partial charge in [-0.1, -0.05) is 5.57 Å². The largest absolute Gasteiger partial charge is 0.472 e. The lowest BCUT2D eigenvalue weighted by molar-refractivity contribution is -0.344. The number of epoxide rings is 1. The molecule has 6 aliphatic rings. The van der Waals surface area contributed by atoms with Gasteiger partial charge in [-0.15, -0.1) is 0 Å². The molecular formula is C25H32O12. The normalized spacial score (nSPS) is 51.0. The number of aliphatic hydroxyl groups excluding tert-OH is 4. The minimum absolute atomic E-state index is 0.0851. The summed E-state index contributed by atoms with van der Waals surface area (Å²) in [6.07, 6.45) is -4.64. The summed E-state index contributed by atoms with van der Waals surface area (Å²) in [5.74, 6) is -1.70. The third kappa shape index (κ3) is 3.84. The lowest BCUT2D eigenvalue weighted by Gasteiger charge is -2.43. The average molecular weight is 525 g/mol. The third-order valence-corrected chi connectivity index (χ3v) is 8.96. The summed E-state index contributed by atoms with van der Waals surface area (Å²) in [6.45, 7) is 3.29. The third-order valence-electron chi connectivity index (χ3n) is 8.96. The summed E-state index contributed by atoms with van der Waals surface area (Å²) in [7, 11) is 0. The molecule has 0 amide bonds. The molecule has 3 saturated heterocycles. The second kappa shape index (κ2) is 9.01. The molecule has 0 aromatic rings. The number of carbonyl (C=O) groups is 2. The van der Waals surface area contributed by atoms with E-state index >= 15 is 0 Å². The zero-order valence-electron chi connectivity index (χ0n) is 20.5. The van der Waals surface area contributed by atoms with Crippen LogP contribution in [0.4, 0.5) is 0 Å². The average Bonchev–Trinajstić information content (AvgIpc) is 3.15. The van der Waals surface area contributed by atoms with Crippen LogP contribution in [0, 0.1) is 23.7 Å². The summed E-state index contributed by atoms with van der Waals surface area (Å²) >= 11 is 0. The van der Waals surface area contributed by atoms with Gasteiger partial charge in [-0.2, -0.15) is 0 Å². The van der Waals surface area contributed by atoms with Crippen molar-refractivity contribution in [3.05, 3.63) is 23.5 Å². The first-order valence-corrected chi connectivity index (χ1v) is 12.7. The first kappa shape index (κ1) is 25.2. The number of fused-ring (bicyclic) bond motifs is 4. The number of carbonyl (C=O) groups excluding carboxylic acids is 2. The van der Waals surface area contributed by atoms with Crippen LogP contribution in [0.2, 0.25) is 0 Å². The van der Waals surface area contributed by atoms with Crippen molar-refractivity contribution in [3.8, 4) is 0 Å². The summed E-state index contributed by atoms with van der Waals surface area (Å²) in [5, 5.41) is 40.0. The van der Waals surface area contributed by atoms with Gasteiger partial charge in [0.15, 0.2) is 6.29 Å². The molecule has 13 atom stereocenters. The maximum atomic E-state index is 13.2. The van der Waals surface area contributed by atoms with Crippen LogP contribution in [0.3, 0.4) is 0 Å². The fourth-order valence-electron chi connectivity index (χ4n) is 6.76. The highest BCUT2D eigenvalue weighted by Gasteiger charge is 2.75. The molecule has 4 N–H and O–H groups in total. The first-order valence-electron chi connectivity index (χ1n) is 12.7. The summed E-state index contributed by atoms with van der Waals surface area (Å²) < 4.78 is 34.2. The van der Waals surface area contributed by atoms with E-state index < -0.39 is 73.3 Å². The van der Waals surface area contributed by atoms with Gasteiger partial charge >= 0.3 is 11.9 Å². The lowest BCUT2D eigenvalue weighted by atomic mass is 9.86. The second-order valence-corrected chi connectivity index (χ2v) is 10.9. The van der Waals surface area contributed by atoms with E-state index in [1.54, 1.807) is 13.0 Å². The molecular weight excluding hydrogens is 492 g/mol. The Morgan fingerprint density at radius 3 is 2.70 bits per heavy atom. The standard InChI is InChI=1S/C25H32O12/c1-9(10-3-4-11-13(10)8-33-22(11)31)21(30)35-19-12-5-6-32-23(15(12)25(2)20(19)37-25)36-24-18(29)17(28)16(27)14(7-26)34-24/h5-6,11-20,23-24,26-29H,3-4,7-8H2,1-2H3/b10-9-/t11-,12-,13+,14-,15-,16-,17-,18-,19+,20+,23+,24+,25-/m1/s1. The Bertz CT molecular complexity index is 1020. The predicted molar refractivity (Wildman–Crippen MR) is 119 cm³/mol. The Hall–Kier alpha value is -2.06. The van der Waals surface area contributed by atoms with E-state index in [9.17, 15) is 30.0 Å². The predicted octanol–water partition coefficient (Wildman–Crippen LogP) is -1.11. The van der Waals surface area contributed by atoms with Crippen LogP contribution in [-0.2, 0) is 38.0 Å². The zero-order valence-corrected chi connectivity index (χ0v) is 20.5. The molecule has 0 aromatic heterocycles. The zero-order chi connectivity index (χ0) is 26.2. The number of esters is 2. The molecule has 12 nitrogen and oxygen atoms in total. The van der Waals surface area contributed by atoms with Gasteiger partial charge in [-0.25, -0.2) is 4.79 Å². The van der Waals surface area contributed by atoms with Crippen LogP contribution in [-0.4, -0.2) is 100 Å². The SMILES string of the molecule is C/C(C(=O)O[C@H]1[C@@H]2C=CO[C@@H](O[C@@H]3O[C@H](CO)[C@@H](O)[C@@H](O)[C@H]3O)[C@@H]2[C@@]2(C)O[C@@H]12)=C1\CC[C@H]2C(=O)OC[C@@H]12. The van der Waals surface area contributed by atoms with Crippen molar-refractivity contribution in [2.24, 2.45) is 23.7 Å². The van der Waals surface area contributed by atoms with Crippen molar-refractivity contribution in [1.82, 2.24) is 0 Å².